The standard InChI is InChI=1S/C25H20ClN3O3/c1-17-8-2-5-11-21(17)29-25(31)19(15-27)14-18-9-3-7-13-23(18)32-16-24(30)28-22-12-6-4-10-20(22)26/h2-14H,16H2,1H3,(H,28,30)(H,29,31)/b19-14-. The number of amides is 2. The van der Waals surface area contributed by atoms with Gasteiger partial charge in [-0.15, -0.1) is 0 Å². The zero-order valence-electron chi connectivity index (χ0n) is 17.3. The van der Waals surface area contributed by atoms with Crippen molar-refractivity contribution >= 4 is 40.9 Å². The van der Waals surface area contributed by atoms with E-state index < -0.39 is 11.8 Å². The fourth-order valence-electron chi connectivity index (χ4n) is 2.83. The summed E-state index contributed by atoms with van der Waals surface area (Å²) in [5.74, 6) is -0.569. The van der Waals surface area contributed by atoms with Crippen LogP contribution in [0.4, 0.5) is 11.4 Å². The minimum absolute atomic E-state index is 0.0928. The third-order valence-corrected chi connectivity index (χ3v) is 4.81. The highest BCUT2D eigenvalue weighted by molar-refractivity contribution is 6.33. The molecule has 0 aliphatic heterocycles. The highest BCUT2D eigenvalue weighted by atomic mass is 35.5. The van der Waals surface area contributed by atoms with Gasteiger partial charge in [0.1, 0.15) is 17.4 Å². The average molecular weight is 446 g/mol. The largest absolute Gasteiger partial charge is 0.483 e. The van der Waals surface area contributed by atoms with Crippen molar-refractivity contribution in [1.82, 2.24) is 0 Å². The van der Waals surface area contributed by atoms with Crippen LogP contribution in [-0.2, 0) is 9.59 Å². The molecule has 0 radical (unpaired) electrons. The van der Waals surface area contributed by atoms with Crippen molar-refractivity contribution in [3.8, 4) is 11.8 Å². The normalized spacial score (nSPS) is 10.7. The highest BCUT2D eigenvalue weighted by Crippen LogP contribution is 2.23. The molecule has 7 heteroatoms. The molecule has 0 atom stereocenters. The van der Waals surface area contributed by atoms with Gasteiger partial charge < -0.3 is 15.4 Å². The average Bonchev–Trinajstić information content (AvgIpc) is 2.79. The first-order valence-electron chi connectivity index (χ1n) is 9.73. The molecular weight excluding hydrogens is 426 g/mol. The molecule has 2 amide bonds. The van der Waals surface area contributed by atoms with Gasteiger partial charge in [0.2, 0.25) is 0 Å². The van der Waals surface area contributed by atoms with Crippen LogP contribution in [0.25, 0.3) is 6.08 Å². The van der Waals surface area contributed by atoms with Crippen LogP contribution in [0.3, 0.4) is 0 Å². The van der Waals surface area contributed by atoms with Crippen molar-refractivity contribution in [3.63, 3.8) is 0 Å². The summed E-state index contributed by atoms with van der Waals surface area (Å²) in [7, 11) is 0. The molecule has 2 N–H and O–H groups in total. The van der Waals surface area contributed by atoms with Gasteiger partial charge in [-0.3, -0.25) is 9.59 Å². The first-order chi connectivity index (χ1) is 15.5. The van der Waals surface area contributed by atoms with Crippen LogP contribution in [0.1, 0.15) is 11.1 Å². The highest BCUT2D eigenvalue weighted by Gasteiger charge is 2.13. The van der Waals surface area contributed by atoms with Crippen LogP contribution in [0, 0.1) is 18.3 Å². The van der Waals surface area contributed by atoms with E-state index in [1.807, 2.05) is 25.1 Å². The Bertz CT molecular complexity index is 1210. The second-order valence-corrected chi connectivity index (χ2v) is 7.20. The Hall–Kier alpha value is -4.08. The van der Waals surface area contributed by atoms with Gasteiger partial charge >= 0.3 is 0 Å². The molecule has 3 aromatic rings. The molecule has 32 heavy (non-hydrogen) atoms. The van der Waals surface area contributed by atoms with E-state index in [0.717, 1.165) is 5.56 Å². The van der Waals surface area contributed by atoms with Crippen LogP contribution in [0.2, 0.25) is 5.02 Å². The molecular formula is C25H20ClN3O3. The summed E-state index contributed by atoms with van der Waals surface area (Å²) in [6.45, 7) is 1.59. The van der Waals surface area contributed by atoms with Gasteiger partial charge in [0.05, 0.1) is 10.7 Å². The minimum Gasteiger partial charge on any atom is -0.483 e. The number of nitrogens with zero attached hydrogens (tertiary/aromatic N) is 1. The maximum absolute atomic E-state index is 12.6. The van der Waals surface area contributed by atoms with Crippen LogP contribution >= 0.6 is 11.6 Å². The number of hydrogen-bond acceptors (Lipinski definition) is 4. The summed E-state index contributed by atoms with van der Waals surface area (Å²) in [6.07, 6.45) is 1.43. The van der Waals surface area contributed by atoms with E-state index in [1.54, 1.807) is 60.7 Å². The van der Waals surface area contributed by atoms with E-state index in [2.05, 4.69) is 10.6 Å². The summed E-state index contributed by atoms with van der Waals surface area (Å²) < 4.78 is 5.63. The molecule has 0 heterocycles. The lowest BCUT2D eigenvalue weighted by Gasteiger charge is -2.11. The third kappa shape index (κ3) is 5.97. The smallest absolute Gasteiger partial charge is 0.266 e. The molecule has 0 spiro atoms. The number of benzene rings is 3. The van der Waals surface area contributed by atoms with Gasteiger partial charge in [0, 0.05) is 11.3 Å². The number of nitrogens with one attached hydrogen (secondary N) is 2. The Labute approximate surface area is 191 Å². The number of hydrogen-bond donors (Lipinski definition) is 2. The summed E-state index contributed by atoms with van der Waals surface area (Å²) in [4.78, 5) is 24.8. The number of anilines is 2. The number of rotatable bonds is 7. The van der Waals surface area contributed by atoms with E-state index in [1.165, 1.54) is 6.08 Å². The zero-order chi connectivity index (χ0) is 22.9. The molecule has 3 aromatic carbocycles. The van der Waals surface area contributed by atoms with Gasteiger partial charge in [-0.05, 0) is 42.8 Å². The molecule has 0 aliphatic carbocycles. The van der Waals surface area contributed by atoms with Crippen molar-refractivity contribution in [2.45, 2.75) is 6.92 Å². The van der Waals surface area contributed by atoms with Gasteiger partial charge in [-0.1, -0.05) is 60.1 Å². The number of aryl methyl sites for hydroxylation is 1. The van der Waals surface area contributed by atoms with Gasteiger partial charge in [0.25, 0.3) is 11.8 Å². The quantitative estimate of drug-likeness (QED) is 0.385. The molecule has 0 aromatic heterocycles. The zero-order valence-corrected chi connectivity index (χ0v) is 18.0. The number of carbonyl (C=O) groups excluding carboxylic acids is 2. The molecule has 160 valence electrons. The number of nitriles is 1. The Morgan fingerprint density at radius 1 is 0.969 bits per heavy atom. The van der Waals surface area contributed by atoms with E-state index in [-0.39, 0.29) is 12.2 Å². The van der Waals surface area contributed by atoms with Crippen LogP contribution in [0.5, 0.6) is 5.75 Å². The monoisotopic (exact) mass is 445 g/mol. The predicted molar refractivity (Wildman–Crippen MR) is 125 cm³/mol. The van der Waals surface area contributed by atoms with Crippen LogP contribution < -0.4 is 15.4 Å². The first kappa shape index (κ1) is 22.6. The van der Waals surface area contributed by atoms with Crippen molar-refractivity contribution in [2.24, 2.45) is 0 Å². The molecule has 6 nitrogen and oxygen atoms in total. The molecule has 0 saturated heterocycles. The van der Waals surface area contributed by atoms with Crippen molar-refractivity contribution < 1.29 is 14.3 Å². The molecule has 0 fully saturated rings. The lowest BCUT2D eigenvalue weighted by molar-refractivity contribution is -0.118. The Balaban J connectivity index is 1.72. The maximum Gasteiger partial charge on any atom is 0.266 e. The summed E-state index contributed by atoms with van der Waals surface area (Å²) >= 11 is 6.05. The predicted octanol–water partition coefficient (Wildman–Crippen LogP) is 5.21. The topological polar surface area (TPSA) is 91.2 Å². The summed E-state index contributed by atoms with van der Waals surface area (Å²) in [5, 5.41) is 15.3. The second kappa shape index (κ2) is 10.8. The fraction of sp³-hybridized carbons (Fsp3) is 0.0800. The molecule has 0 aliphatic rings. The molecule has 0 saturated carbocycles. The van der Waals surface area contributed by atoms with E-state index >= 15 is 0 Å². The third-order valence-electron chi connectivity index (χ3n) is 4.48. The lowest BCUT2D eigenvalue weighted by Crippen LogP contribution is -2.20. The second-order valence-electron chi connectivity index (χ2n) is 6.79. The van der Waals surface area contributed by atoms with Crippen molar-refractivity contribution in [1.29, 1.82) is 5.26 Å². The minimum atomic E-state index is -0.534. The molecule has 0 unspecified atom stereocenters. The fourth-order valence-corrected chi connectivity index (χ4v) is 3.01. The first-order valence-corrected chi connectivity index (χ1v) is 10.1. The van der Waals surface area contributed by atoms with Crippen LogP contribution in [0.15, 0.2) is 78.4 Å². The number of ether oxygens (including phenoxy) is 1. The number of halogens is 1. The Morgan fingerprint density at radius 2 is 1.62 bits per heavy atom. The number of carbonyl (C=O) groups is 2. The number of para-hydroxylation sites is 3. The van der Waals surface area contributed by atoms with Gasteiger partial charge in [-0.25, -0.2) is 0 Å². The van der Waals surface area contributed by atoms with E-state index in [4.69, 9.17) is 16.3 Å². The Morgan fingerprint density at radius 3 is 2.34 bits per heavy atom. The lowest BCUT2D eigenvalue weighted by atomic mass is 10.1. The summed E-state index contributed by atoms with van der Waals surface area (Å²) in [6, 6.07) is 22.9. The summed E-state index contributed by atoms with van der Waals surface area (Å²) in [5.41, 5.74) is 2.39. The molecule has 0 bridgehead atoms. The van der Waals surface area contributed by atoms with Gasteiger partial charge in [-0.2, -0.15) is 5.26 Å². The van der Waals surface area contributed by atoms with Crippen molar-refractivity contribution in [2.75, 3.05) is 17.2 Å². The van der Waals surface area contributed by atoms with Gasteiger partial charge in [0.15, 0.2) is 6.61 Å². The Kier molecular flexibility index (Phi) is 7.63. The van der Waals surface area contributed by atoms with Crippen molar-refractivity contribution in [3.05, 3.63) is 94.5 Å². The molecule has 3 rings (SSSR count). The SMILES string of the molecule is Cc1ccccc1NC(=O)/C(C#N)=C\c1ccccc1OCC(=O)Nc1ccccc1Cl. The van der Waals surface area contributed by atoms with Crippen LogP contribution in [-0.4, -0.2) is 18.4 Å². The van der Waals surface area contributed by atoms with E-state index in [0.29, 0.717) is 27.7 Å². The maximum atomic E-state index is 12.6. The van der Waals surface area contributed by atoms with E-state index in [9.17, 15) is 14.9 Å².